The van der Waals surface area contributed by atoms with Crippen LogP contribution in [0.5, 0.6) is 5.75 Å². The number of esters is 1. The number of nitro benzene ring substituents is 1. The summed E-state index contributed by atoms with van der Waals surface area (Å²) in [5.74, 6) is 3.30. The van der Waals surface area contributed by atoms with E-state index in [9.17, 15) is 20.3 Å². The summed E-state index contributed by atoms with van der Waals surface area (Å²) in [5, 5.41) is 33.6. The molecule has 5 aliphatic rings. The molecular weight excluding hydrogens is 995 g/mol. The number of ether oxygens (including phenoxy) is 3. The number of nitro groups is 1. The Balaban J connectivity index is 1.16. The van der Waals surface area contributed by atoms with Crippen molar-refractivity contribution in [2.24, 2.45) is 5.92 Å². The van der Waals surface area contributed by atoms with Crippen LogP contribution in [0.2, 0.25) is 0 Å². The highest BCUT2D eigenvalue weighted by Gasteiger charge is 2.76. The van der Waals surface area contributed by atoms with Crippen molar-refractivity contribution < 1.29 is 48.5 Å². The molecule has 6 unspecified atom stereocenters. The number of benzene rings is 5. The molecular formula is C60H57N7O11. The smallest absolute Gasteiger partial charge is 0.421 e. The Labute approximate surface area is 450 Å². The Morgan fingerprint density at radius 3 is 2.14 bits per heavy atom. The number of carbonyl (C=O) groups is 4. The quantitative estimate of drug-likeness (QED) is 0.0421. The van der Waals surface area contributed by atoms with Crippen LogP contribution in [0.1, 0.15) is 90.1 Å². The van der Waals surface area contributed by atoms with Crippen molar-refractivity contribution in [3.63, 3.8) is 0 Å². The first-order chi connectivity index (χ1) is 38.0. The van der Waals surface area contributed by atoms with Crippen LogP contribution in [0.15, 0.2) is 146 Å². The summed E-state index contributed by atoms with van der Waals surface area (Å²) in [6, 6.07) is 34.1. The fraction of sp³-hybridized carbons (Fsp3) is 0.333. The number of rotatable bonds is 11. The number of hydrogen-bond donors (Lipinski definition) is 2. The topological polar surface area (TPSA) is 218 Å². The molecule has 4 aliphatic heterocycles. The first-order valence-corrected chi connectivity index (χ1v) is 26.4. The molecule has 398 valence electrons. The Hall–Kier alpha value is -8.50. The average molecular weight is 1050 g/mol. The van der Waals surface area contributed by atoms with Crippen LogP contribution in [0, 0.1) is 27.9 Å². The number of non-ortho nitro benzene ring substituents is 1. The zero-order chi connectivity index (χ0) is 54.0. The molecule has 6 atom stereocenters. The number of anilines is 2. The van der Waals surface area contributed by atoms with Gasteiger partial charge in [0, 0.05) is 61.8 Å². The van der Waals surface area contributed by atoms with Crippen molar-refractivity contribution in [1.29, 1.82) is 0 Å². The molecule has 1 aliphatic carbocycles. The highest BCUT2D eigenvalue weighted by atomic mass is 16.6. The summed E-state index contributed by atoms with van der Waals surface area (Å²) < 4.78 is 19.0. The maximum absolute atomic E-state index is 17.0. The number of para-hydroxylation sites is 1. The van der Waals surface area contributed by atoms with Crippen LogP contribution >= 0.6 is 0 Å². The molecule has 3 saturated heterocycles. The number of imide groups is 1. The fourth-order valence-corrected chi connectivity index (χ4v) is 12.2. The highest BCUT2D eigenvalue weighted by molar-refractivity contribution is 6.23. The van der Waals surface area contributed by atoms with Gasteiger partial charge in [-0.1, -0.05) is 104 Å². The van der Waals surface area contributed by atoms with Gasteiger partial charge >= 0.3 is 12.1 Å². The molecule has 5 aromatic carbocycles. The second kappa shape index (κ2) is 21.9. The second-order valence-corrected chi connectivity index (χ2v) is 20.3. The normalized spacial score (nSPS) is 23.6. The van der Waals surface area contributed by atoms with Crippen LogP contribution in [0.3, 0.4) is 0 Å². The number of carbonyl (C=O) groups excluding carboxylic acids is 4. The van der Waals surface area contributed by atoms with Crippen molar-refractivity contribution in [3.05, 3.63) is 189 Å². The van der Waals surface area contributed by atoms with E-state index in [0.29, 0.717) is 59.7 Å². The van der Waals surface area contributed by atoms with Gasteiger partial charge in [0.15, 0.2) is 0 Å². The fourth-order valence-electron chi connectivity index (χ4n) is 12.2. The van der Waals surface area contributed by atoms with Gasteiger partial charge in [-0.05, 0) is 90.4 Å². The van der Waals surface area contributed by atoms with E-state index in [4.69, 9.17) is 14.2 Å². The van der Waals surface area contributed by atoms with Crippen LogP contribution in [-0.2, 0) is 35.9 Å². The lowest BCUT2D eigenvalue weighted by Gasteiger charge is -2.46. The van der Waals surface area contributed by atoms with E-state index in [1.54, 1.807) is 65.8 Å². The highest BCUT2D eigenvalue weighted by Crippen LogP contribution is 2.67. The number of aliphatic hydroxyl groups is 2. The summed E-state index contributed by atoms with van der Waals surface area (Å²) in [4.78, 5) is 90.7. The number of aliphatic hydroxyl groups excluding tert-OH is 1. The summed E-state index contributed by atoms with van der Waals surface area (Å²) >= 11 is 0. The number of aromatic nitrogens is 2. The van der Waals surface area contributed by atoms with E-state index in [2.05, 4.69) is 21.8 Å². The molecule has 4 fully saturated rings. The molecule has 1 spiro atoms. The van der Waals surface area contributed by atoms with Gasteiger partial charge in [-0.25, -0.2) is 19.7 Å². The van der Waals surface area contributed by atoms with Crippen molar-refractivity contribution in [3.8, 4) is 17.6 Å². The SMILES string of the molecule is O=C1OC(c2ccccc2)C(c2ccccc2)N2C1C(C(=O)N1CCN(c3ncccn3)CC1)C1(C(=O)N(C(=O)OCc3ccc([N+](=O)[O-])cc3)c3ccc(C#CC4(O)CCCCCC4)cc31)C2c1ccccc1OCCO. The number of morpholine rings is 1. The number of piperazine rings is 1. The summed E-state index contributed by atoms with van der Waals surface area (Å²) in [7, 11) is 0. The monoisotopic (exact) mass is 1050 g/mol. The molecule has 1 aromatic heterocycles. The Morgan fingerprint density at radius 2 is 1.46 bits per heavy atom. The molecule has 18 nitrogen and oxygen atoms in total. The number of nitrogens with zero attached hydrogens (tertiary/aromatic N) is 7. The summed E-state index contributed by atoms with van der Waals surface area (Å²) in [6.45, 7) is 0.0136. The standard InChI is InChI=1S/C60H57N7O11/c68-36-37-76-48-19-10-9-18-45(48)53-60(46-38-40(26-29-59(73)27-11-1-2-12-28-59)22-25-47(46)65(56(60)71)58(72)77-39-41-20-23-44(24-21-41)67(74)75)49(54(69)63-32-34-64(35-33-63)57-61-30-13-31-62-57)51-55(70)78-52(43-16-7-4-8-17-43)50(66(51)53)42-14-5-3-6-15-42/h3-10,13-25,30-31,38,49-53,68,73H,1-2,11-12,27-28,32-37,39H2. The Kier molecular flexibility index (Phi) is 14.5. The van der Waals surface area contributed by atoms with E-state index in [-0.39, 0.29) is 55.6 Å². The maximum Gasteiger partial charge on any atom is 0.421 e. The van der Waals surface area contributed by atoms with Gasteiger partial charge in [-0.2, -0.15) is 0 Å². The molecule has 78 heavy (non-hydrogen) atoms. The van der Waals surface area contributed by atoms with E-state index in [1.807, 2.05) is 70.5 Å². The molecule has 2 N–H and O–H groups in total. The molecule has 1 saturated carbocycles. The number of hydrogen-bond acceptors (Lipinski definition) is 15. The zero-order valence-electron chi connectivity index (χ0n) is 42.6. The summed E-state index contributed by atoms with van der Waals surface area (Å²) in [5.41, 5.74) is -0.893. The molecule has 5 heterocycles. The van der Waals surface area contributed by atoms with Gasteiger partial charge in [0.25, 0.3) is 5.69 Å². The first-order valence-electron chi connectivity index (χ1n) is 26.4. The van der Waals surface area contributed by atoms with E-state index in [1.165, 1.54) is 24.3 Å². The number of cyclic esters (lactones) is 1. The Bertz CT molecular complexity index is 3270. The van der Waals surface area contributed by atoms with Crippen LogP contribution in [-0.4, -0.2) is 110 Å². The van der Waals surface area contributed by atoms with E-state index < -0.39 is 70.0 Å². The third-order valence-electron chi connectivity index (χ3n) is 15.8. The molecule has 3 amide bonds. The lowest BCUT2D eigenvalue weighted by atomic mass is 9.64. The Morgan fingerprint density at radius 1 is 0.795 bits per heavy atom. The largest absolute Gasteiger partial charge is 0.491 e. The van der Waals surface area contributed by atoms with E-state index >= 15 is 19.2 Å². The first kappa shape index (κ1) is 51.6. The van der Waals surface area contributed by atoms with Gasteiger partial charge in [0.1, 0.15) is 42.1 Å². The lowest BCUT2D eigenvalue weighted by molar-refractivity contribution is -0.384. The minimum absolute atomic E-state index is 0.0686. The van der Waals surface area contributed by atoms with Gasteiger partial charge < -0.3 is 34.2 Å². The van der Waals surface area contributed by atoms with Gasteiger partial charge in [0.2, 0.25) is 17.8 Å². The van der Waals surface area contributed by atoms with Gasteiger partial charge in [-0.3, -0.25) is 29.4 Å². The predicted molar refractivity (Wildman–Crippen MR) is 285 cm³/mol. The van der Waals surface area contributed by atoms with Gasteiger partial charge in [-0.15, -0.1) is 0 Å². The molecule has 18 heteroatoms. The van der Waals surface area contributed by atoms with E-state index in [0.717, 1.165) is 30.6 Å². The predicted octanol–water partition coefficient (Wildman–Crippen LogP) is 7.54. The van der Waals surface area contributed by atoms with Crippen molar-refractivity contribution in [1.82, 2.24) is 19.8 Å². The van der Waals surface area contributed by atoms with Crippen molar-refractivity contribution in [2.45, 2.75) is 80.4 Å². The zero-order valence-corrected chi connectivity index (χ0v) is 42.6. The number of fused-ring (bicyclic) bond motifs is 3. The van der Waals surface area contributed by atoms with Crippen molar-refractivity contribution in [2.75, 3.05) is 49.2 Å². The minimum atomic E-state index is -2.20. The third-order valence-corrected chi connectivity index (χ3v) is 15.8. The molecule has 0 radical (unpaired) electrons. The third kappa shape index (κ3) is 9.47. The van der Waals surface area contributed by atoms with Crippen LogP contribution in [0.4, 0.5) is 22.1 Å². The molecule has 0 bridgehead atoms. The second-order valence-electron chi connectivity index (χ2n) is 20.3. The lowest BCUT2D eigenvalue weighted by Crippen LogP contribution is -2.59. The minimum Gasteiger partial charge on any atom is -0.491 e. The van der Waals surface area contributed by atoms with Crippen LogP contribution < -0.4 is 14.5 Å². The average Bonchev–Trinajstić information content (AvgIpc) is 2.92. The van der Waals surface area contributed by atoms with Crippen molar-refractivity contribution >= 4 is 41.2 Å². The molecule has 6 aromatic rings. The van der Waals surface area contributed by atoms with Crippen LogP contribution in [0.25, 0.3) is 0 Å². The maximum atomic E-state index is 17.0. The number of amides is 3. The summed E-state index contributed by atoms with van der Waals surface area (Å²) in [6.07, 6.45) is 5.63. The van der Waals surface area contributed by atoms with Gasteiger partial charge in [0.05, 0.1) is 35.2 Å². The molecule has 11 rings (SSSR count).